The van der Waals surface area contributed by atoms with Gasteiger partial charge in [-0.3, -0.25) is 0 Å². The maximum absolute atomic E-state index is 2.22. The third-order valence-corrected chi connectivity index (χ3v) is 1.53. The largest absolute Gasteiger partial charge is 1.00 e. The SMILES string of the molecule is CC(C)(C)[c-]1cccc1.[K+]. The molecule has 1 aromatic rings. The van der Waals surface area contributed by atoms with E-state index in [-0.39, 0.29) is 51.4 Å². The van der Waals surface area contributed by atoms with E-state index in [9.17, 15) is 0 Å². The Hall–Kier alpha value is 0.986. The van der Waals surface area contributed by atoms with Gasteiger partial charge in [0.05, 0.1) is 0 Å². The predicted molar refractivity (Wildman–Crippen MR) is 40.7 cm³/mol. The average molecular weight is 160 g/mol. The van der Waals surface area contributed by atoms with Gasteiger partial charge in [-0.25, -0.2) is 12.1 Å². The van der Waals surface area contributed by atoms with Crippen LogP contribution in [-0.2, 0) is 5.41 Å². The molecular formula is C9H13K. The van der Waals surface area contributed by atoms with Gasteiger partial charge in [-0.15, -0.1) is 0 Å². The van der Waals surface area contributed by atoms with Crippen LogP contribution in [0.2, 0.25) is 0 Å². The first-order chi connectivity index (χ1) is 4.11. The number of hydrogen-bond acceptors (Lipinski definition) is 0. The fraction of sp³-hybridized carbons (Fsp3) is 0.444. The van der Waals surface area contributed by atoms with Gasteiger partial charge in [0.1, 0.15) is 0 Å². The molecule has 50 valence electrons. The summed E-state index contributed by atoms with van der Waals surface area (Å²) in [7, 11) is 0. The van der Waals surface area contributed by atoms with Gasteiger partial charge in [0.2, 0.25) is 0 Å². The molecule has 0 unspecified atom stereocenters. The molecule has 0 aliphatic heterocycles. The van der Waals surface area contributed by atoms with E-state index < -0.39 is 0 Å². The summed E-state index contributed by atoms with van der Waals surface area (Å²) in [5, 5.41) is 0. The molecular weight excluding hydrogens is 147 g/mol. The first-order valence-electron chi connectivity index (χ1n) is 3.33. The number of rotatable bonds is 0. The van der Waals surface area contributed by atoms with Crippen molar-refractivity contribution in [2.75, 3.05) is 0 Å². The Labute approximate surface area is 106 Å². The smallest absolute Gasteiger partial charge is 0.213 e. The second kappa shape index (κ2) is 4.12. The summed E-state index contributed by atoms with van der Waals surface area (Å²) >= 11 is 0. The minimum Gasteiger partial charge on any atom is -0.213 e. The second-order valence-electron chi connectivity index (χ2n) is 3.42. The van der Waals surface area contributed by atoms with Gasteiger partial charge in [-0.1, -0.05) is 26.2 Å². The van der Waals surface area contributed by atoms with Crippen molar-refractivity contribution in [2.24, 2.45) is 0 Å². The Kier molecular flexibility index (Phi) is 4.53. The summed E-state index contributed by atoms with van der Waals surface area (Å²) in [5.74, 6) is 0. The minimum atomic E-state index is 0. The molecule has 0 atom stereocenters. The van der Waals surface area contributed by atoms with Crippen LogP contribution in [0.25, 0.3) is 0 Å². The molecule has 0 aliphatic carbocycles. The summed E-state index contributed by atoms with van der Waals surface area (Å²) in [6, 6.07) is 8.50. The van der Waals surface area contributed by atoms with Gasteiger partial charge in [0.15, 0.2) is 0 Å². The molecule has 0 N–H and O–H groups in total. The van der Waals surface area contributed by atoms with Gasteiger partial charge in [-0.2, -0.15) is 17.7 Å². The van der Waals surface area contributed by atoms with E-state index in [0.717, 1.165) is 0 Å². The zero-order chi connectivity index (χ0) is 6.91. The number of hydrogen-bond donors (Lipinski definition) is 0. The van der Waals surface area contributed by atoms with Crippen molar-refractivity contribution < 1.29 is 51.4 Å². The first-order valence-corrected chi connectivity index (χ1v) is 3.33. The first kappa shape index (κ1) is 11.0. The molecule has 10 heavy (non-hydrogen) atoms. The summed E-state index contributed by atoms with van der Waals surface area (Å²) in [6.07, 6.45) is 0. The van der Waals surface area contributed by atoms with Gasteiger partial charge in [0, 0.05) is 0 Å². The average Bonchev–Trinajstić information content (AvgIpc) is 2.08. The quantitative estimate of drug-likeness (QED) is 0.361. The zero-order valence-corrected chi connectivity index (χ0v) is 10.4. The third-order valence-electron chi connectivity index (χ3n) is 1.53. The monoisotopic (exact) mass is 160 g/mol. The Balaban J connectivity index is 0.000000810. The molecule has 1 heteroatoms. The van der Waals surface area contributed by atoms with E-state index >= 15 is 0 Å². The predicted octanol–water partition coefficient (Wildman–Crippen LogP) is -0.293. The molecule has 0 amide bonds. The van der Waals surface area contributed by atoms with Crippen LogP contribution in [0.3, 0.4) is 0 Å². The molecule has 0 aromatic heterocycles. The van der Waals surface area contributed by atoms with Crippen LogP contribution in [0.4, 0.5) is 0 Å². The third kappa shape index (κ3) is 2.93. The van der Waals surface area contributed by atoms with E-state index in [1.54, 1.807) is 0 Å². The molecule has 0 spiro atoms. The summed E-state index contributed by atoms with van der Waals surface area (Å²) in [4.78, 5) is 0. The molecule has 0 radical (unpaired) electrons. The summed E-state index contributed by atoms with van der Waals surface area (Å²) < 4.78 is 0. The van der Waals surface area contributed by atoms with E-state index in [1.165, 1.54) is 5.56 Å². The molecule has 1 rings (SSSR count). The Morgan fingerprint density at radius 1 is 1.00 bits per heavy atom. The van der Waals surface area contributed by atoms with Gasteiger partial charge in [-0.05, 0) is 0 Å². The maximum Gasteiger partial charge on any atom is 1.00 e. The van der Waals surface area contributed by atoms with Crippen LogP contribution in [-0.4, -0.2) is 0 Å². The van der Waals surface area contributed by atoms with Gasteiger partial charge in [0.25, 0.3) is 0 Å². The van der Waals surface area contributed by atoms with Gasteiger partial charge >= 0.3 is 51.4 Å². The molecule has 0 saturated heterocycles. The van der Waals surface area contributed by atoms with Crippen molar-refractivity contribution in [3.63, 3.8) is 0 Å². The van der Waals surface area contributed by atoms with Crippen molar-refractivity contribution in [1.82, 2.24) is 0 Å². The fourth-order valence-corrected chi connectivity index (χ4v) is 0.874. The summed E-state index contributed by atoms with van der Waals surface area (Å²) in [5.41, 5.74) is 1.74. The van der Waals surface area contributed by atoms with Crippen LogP contribution in [0.5, 0.6) is 0 Å². The summed E-state index contributed by atoms with van der Waals surface area (Å²) in [6.45, 7) is 6.67. The molecule has 0 saturated carbocycles. The van der Waals surface area contributed by atoms with Crippen LogP contribution in [0, 0.1) is 0 Å². The van der Waals surface area contributed by atoms with Crippen molar-refractivity contribution in [1.29, 1.82) is 0 Å². The van der Waals surface area contributed by atoms with E-state index in [4.69, 9.17) is 0 Å². The minimum absolute atomic E-state index is 0. The molecule has 1 aromatic carbocycles. The molecule has 0 aliphatic rings. The van der Waals surface area contributed by atoms with Crippen LogP contribution in [0.15, 0.2) is 24.3 Å². The Bertz CT molecular complexity index is 167. The normalized spacial score (nSPS) is 10.7. The van der Waals surface area contributed by atoms with Crippen molar-refractivity contribution in [3.8, 4) is 0 Å². The topological polar surface area (TPSA) is 0 Å². The second-order valence-corrected chi connectivity index (χ2v) is 3.42. The van der Waals surface area contributed by atoms with Crippen LogP contribution < -0.4 is 51.4 Å². The Morgan fingerprint density at radius 3 is 1.60 bits per heavy atom. The molecule has 0 nitrogen and oxygen atoms in total. The van der Waals surface area contributed by atoms with E-state index in [0.29, 0.717) is 5.41 Å². The van der Waals surface area contributed by atoms with Crippen LogP contribution in [0.1, 0.15) is 26.3 Å². The standard InChI is InChI=1S/C9H13.K/c1-9(2,3)8-6-4-5-7-8;/h4-7H,1-3H3;/q-1;+1. The molecule has 0 fully saturated rings. The zero-order valence-electron chi connectivity index (χ0n) is 7.31. The van der Waals surface area contributed by atoms with Crippen LogP contribution >= 0.6 is 0 Å². The van der Waals surface area contributed by atoms with E-state index in [1.807, 2.05) is 0 Å². The van der Waals surface area contributed by atoms with Crippen molar-refractivity contribution >= 4 is 0 Å². The van der Waals surface area contributed by atoms with Crippen molar-refractivity contribution in [3.05, 3.63) is 29.8 Å². The van der Waals surface area contributed by atoms with Gasteiger partial charge < -0.3 is 0 Å². The molecule has 0 bridgehead atoms. The van der Waals surface area contributed by atoms with Crippen molar-refractivity contribution in [2.45, 2.75) is 26.2 Å². The maximum atomic E-state index is 2.22. The van der Waals surface area contributed by atoms with E-state index in [2.05, 4.69) is 45.0 Å². The Morgan fingerprint density at radius 2 is 1.40 bits per heavy atom. The molecule has 0 heterocycles. The fourth-order valence-electron chi connectivity index (χ4n) is 0.874.